The third-order valence-electron chi connectivity index (χ3n) is 3.61. The van der Waals surface area contributed by atoms with E-state index in [2.05, 4.69) is 15.5 Å². The van der Waals surface area contributed by atoms with Gasteiger partial charge in [-0.05, 0) is 29.6 Å². The van der Waals surface area contributed by atoms with E-state index >= 15 is 0 Å². The summed E-state index contributed by atoms with van der Waals surface area (Å²) in [5, 5.41) is 10.6. The van der Waals surface area contributed by atoms with Crippen LogP contribution in [0.2, 0.25) is 0 Å². The zero-order valence-corrected chi connectivity index (χ0v) is 15.2. The molecular weight excluding hydrogens is 352 g/mol. The molecule has 3 aromatic rings. The average molecular weight is 370 g/mol. The van der Waals surface area contributed by atoms with Gasteiger partial charge < -0.3 is 14.7 Å². The molecule has 8 heteroatoms. The lowest BCUT2D eigenvalue weighted by atomic mass is 10.1. The number of nitrogens with one attached hydrogen (secondary N) is 1. The third kappa shape index (κ3) is 4.34. The molecule has 0 spiro atoms. The Balaban J connectivity index is 1.56. The quantitative estimate of drug-likeness (QED) is 0.720. The second-order valence-corrected chi connectivity index (χ2v) is 6.63. The molecule has 0 saturated heterocycles. The normalized spacial score (nSPS) is 10.5. The summed E-state index contributed by atoms with van der Waals surface area (Å²) in [4.78, 5) is 29.9. The molecule has 0 saturated carbocycles. The molecule has 0 aliphatic carbocycles. The molecule has 134 valence electrons. The number of benzene rings is 1. The van der Waals surface area contributed by atoms with Gasteiger partial charge in [-0.25, -0.2) is 0 Å². The van der Waals surface area contributed by atoms with Crippen molar-refractivity contribution in [3.8, 4) is 11.4 Å². The summed E-state index contributed by atoms with van der Waals surface area (Å²) in [7, 11) is 3.37. The van der Waals surface area contributed by atoms with Crippen LogP contribution < -0.4 is 5.32 Å². The van der Waals surface area contributed by atoms with Gasteiger partial charge in [0, 0.05) is 49.1 Å². The Morgan fingerprint density at radius 1 is 1.27 bits per heavy atom. The SMILES string of the molecule is CN(C)C(=O)c1cccc(NC(=O)CCc2nc(-c3ccsc3)no2)c1. The molecule has 0 atom stereocenters. The van der Waals surface area contributed by atoms with Crippen LogP contribution in [0.4, 0.5) is 5.69 Å². The van der Waals surface area contributed by atoms with E-state index < -0.39 is 0 Å². The van der Waals surface area contributed by atoms with E-state index in [9.17, 15) is 9.59 Å². The van der Waals surface area contributed by atoms with Gasteiger partial charge in [0.1, 0.15) is 0 Å². The zero-order chi connectivity index (χ0) is 18.5. The molecule has 0 aliphatic heterocycles. The smallest absolute Gasteiger partial charge is 0.253 e. The lowest BCUT2D eigenvalue weighted by molar-refractivity contribution is -0.116. The van der Waals surface area contributed by atoms with Crippen molar-refractivity contribution >= 4 is 28.8 Å². The van der Waals surface area contributed by atoms with Gasteiger partial charge in [-0.3, -0.25) is 9.59 Å². The van der Waals surface area contributed by atoms with Crippen LogP contribution in [0, 0.1) is 0 Å². The van der Waals surface area contributed by atoms with Gasteiger partial charge in [-0.15, -0.1) is 0 Å². The fourth-order valence-corrected chi connectivity index (χ4v) is 2.93. The molecule has 0 radical (unpaired) electrons. The van der Waals surface area contributed by atoms with Crippen LogP contribution in [-0.2, 0) is 11.2 Å². The summed E-state index contributed by atoms with van der Waals surface area (Å²) in [5.41, 5.74) is 1.99. The lowest BCUT2D eigenvalue weighted by Crippen LogP contribution is -2.22. The molecule has 2 heterocycles. The maximum Gasteiger partial charge on any atom is 0.253 e. The molecule has 2 amide bonds. The van der Waals surface area contributed by atoms with E-state index in [1.807, 2.05) is 16.8 Å². The molecule has 1 aromatic carbocycles. The van der Waals surface area contributed by atoms with Gasteiger partial charge in [0.2, 0.25) is 17.6 Å². The number of hydrogen-bond acceptors (Lipinski definition) is 6. The highest BCUT2D eigenvalue weighted by Gasteiger charge is 2.12. The van der Waals surface area contributed by atoms with Gasteiger partial charge in [-0.1, -0.05) is 11.2 Å². The van der Waals surface area contributed by atoms with E-state index in [1.165, 1.54) is 4.90 Å². The van der Waals surface area contributed by atoms with Gasteiger partial charge in [0.15, 0.2) is 0 Å². The van der Waals surface area contributed by atoms with Crippen molar-refractivity contribution in [1.29, 1.82) is 0 Å². The van der Waals surface area contributed by atoms with Crippen molar-refractivity contribution in [2.75, 3.05) is 19.4 Å². The first-order valence-corrected chi connectivity index (χ1v) is 8.94. The molecular formula is C18H18N4O3S. The summed E-state index contributed by atoms with van der Waals surface area (Å²) >= 11 is 1.56. The third-order valence-corrected chi connectivity index (χ3v) is 4.30. The molecule has 1 N–H and O–H groups in total. The Kier molecular flexibility index (Phi) is 5.43. The number of hydrogen-bond donors (Lipinski definition) is 1. The highest BCUT2D eigenvalue weighted by molar-refractivity contribution is 7.08. The number of thiophene rings is 1. The van der Waals surface area contributed by atoms with Crippen molar-refractivity contribution in [2.24, 2.45) is 0 Å². The number of anilines is 1. The zero-order valence-electron chi connectivity index (χ0n) is 14.4. The molecule has 0 aliphatic rings. The van der Waals surface area contributed by atoms with Crippen molar-refractivity contribution < 1.29 is 14.1 Å². The van der Waals surface area contributed by atoms with Gasteiger partial charge in [0.05, 0.1) is 0 Å². The number of carbonyl (C=O) groups excluding carboxylic acids is 2. The van der Waals surface area contributed by atoms with E-state index in [0.717, 1.165) is 5.56 Å². The monoisotopic (exact) mass is 370 g/mol. The van der Waals surface area contributed by atoms with Crippen molar-refractivity contribution in [3.05, 3.63) is 52.5 Å². The Morgan fingerprint density at radius 2 is 2.12 bits per heavy atom. The highest BCUT2D eigenvalue weighted by Crippen LogP contribution is 2.19. The molecule has 0 fully saturated rings. The Morgan fingerprint density at radius 3 is 2.85 bits per heavy atom. The first-order chi connectivity index (χ1) is 12.5. The van der Waals surface area contributed by atoms with Gasteiger partial charge in [-0.2, -0.15) is 16.3 Å². The molecule has 2 aromatic heterocycles. The Labute approximate surface area is 154 Å². The second kappa shape index (κ2) is 7.92. The van der Waals surface area contributed by atoms with Crippen molar-refractivity contribution in [1.82, 2.24) is 15.0 Å². The number of rotatable bonds is 6. The fraction of sp³-hybridized carbons (Fsp3) is 0.222. The summed E-state index contributed by atoms with van der Waals surface area (Å²) in [5.74, 6) is 0.636. The highest BCUT2D eigenvalue weighted by atomic mass is 32.1. The van der Waals surface area contributed by atoms with Crippen LogP contribution in [0.1, 0.15) is 22.7 Å². The minimum atomic E-state index is -0.185. The first-order valence-electron chi connectivity index (χ1n) is 7.99. The molecule has 0 bridgehead atoms. The van der Waals surface area contributed by atoms with Gasteiger partial charge in [0.25, 0.3) is 5.91 Å². The summed E-state index contributed by atoms with van der Waals surface area (Å²) in [6.45, 7) is 0. The summed E-state index contributed by atoms with van der Waals surface area (Å²) in [6, 6.07) is 8.75. The molecule has 0 unspecified atom stereocenters. The van der Waals surface area contributed by atoms with E-state index in [1.54, 1.807) is 49.7 Å². The maximum absolute atomic E-state index is 12.1. The maximum atomic E-state index is 12.1. The Hall–Kier alpha value is -3.00. The second-order valence-electron chi connectivity index (χ2n) is 5.85. The summed E-state index contributed by atoms with van der Waals surface area (Å²) < 4.78 is 5.18. The number of nitrogens with zero attached hydrogens (tertiary/aromatic N) is 3. The van der Waals surface area contributed by atoms with Crippen molar-refractivity contribution in [3.63, 3.8) is 0 Å². The van der Waals surface area contributed by atoms with Crippen LogP contribution in [-0.4, -0.2) is 41.0 Å². The topological polar surface area (TPSA) is 88.3 Å². The number of carbonyl (C=O) groups is 2. The van der Waals surface area contributed by atoms with Crippen LogP contribution in [0.25, 0.3) is 11.4 Å². The van der Waals surface area contributed by atoms with Gasteiger partial charge >= 0.3 is 0 Å². The van der Waals surface area contributed by atoms with E-state index in [0.29, 0.717) is 29.4 Å². The van der Waals surface area contributed by atoms with Crippen LogP contribution in [0.15, 0.2) is 45.6 Å². The molecule has 3 rings (SSSR count). The van der Waals surface area contributed by atoms with Crippen LogP contribution >= 0.6 is 11.3 Å². The van der Waals surface area contributed by atoms with Crippen LogP contribution in [0.5, 0.6) is 0 Å². The summed E-state index contributed by atoms with van der Waals surface area (Å²) in [6.07, 6.45) is 0.552. The number of aryl methyl sites for hydroxylation is 1. The molecule has 7 nitrogen and oxygen atoms in total. The predicted molar refractivity (Wildman–Crippen MR) is 99.0 cm³/mol. The van der Waals surface area contributed by atoms with Crippen LogP contribution in [0.3, 0.4) is 0 Å². The van der Waals surface area contributed by atoms with Crippen molar-refractivity contribution in [2.45, 2.75) is 12.8 Å². The minimum absolute atomic E-state index is 0.118. The van der Waals surface area contributed by atoms with E-state index in [4.69, 9.17) is 4.52 Å². The minimum Gasteiger partial charge on any atom is -0.345 e. The number of amides is 2. The van der Waals surface area contributed by atoms with E-state index in [-0.39, 0.29) is 18.2 Å². The predicted octanol–water partition coefficient (Wildman–Crippen LogP) is 3.07. The largest absolute Gasteiger partial charge is 0.345 e. The fourth-order valence-electron chi connectivity index (χ4n) is 2.30. The lowest BCUT2D eigenvalue weighted by Gasteiger charge is -2.11. The Bertz CT molecular complexity index is 903. The first kappa shape index (κ1) is 17.8. The molecule has 26 heavy (non-hydrogen) atoms. The standard InChI is InChI=1S/C18H18N4O3S/c1-22(2)18(24)12-4-3-5-14(10-12)19-15(23)6-7-16-20-17(21-25-16)13-8-9-26-11-13/h3-5,8-11H,6-7H2,1-2H3,(H,19,23). The average Bonchev–Trinajstić information content (AvgIpc) is 3.30. The number of aromatic nitrogens is 2.